The van der Waals surface area contributed by atoms with Gasteiger partial charge < -0.3 is 10.1 Å². The van der Waals surface area contributed by atoms with Crippen LogP contribution in [0.4, 0.5) is 4.79 Å². The van der Waals surface area contributed by atoms with Gasteiger partial charge in [0, 0.05) is 6.04 Å². The summed E-state index contributed by atoms with van der Waals surface area (Å²) >= 11 is 0. The van der Waals surface area contributed by atoms with E-state index in [2.05, 4.69) is 23.5 Å². The van der Waals surface area contributed by atoms with Crippen LogP contribution in [0.5, 0.6) is 5.75 Å². The van der Waals surface area contributed by atoms with Gasteiger partial charge in [0.25, 0.3) is 0 Å². The summed E-state index contributed by atoms with van der Waals surface area (Å²) in [6.07, 6.45) is 9.50. The minimum Gasteiger partial charge on any atom is -0.410 e. The number of nitrogens with one attached hydrogen (secondary N) is 1. The Labute approximate surface area is 143 Å². The van der Waals surface area contributed by atoms with Crippen molar-refractivity contribution in [2.45, 2.75) is 38.1 Å². The zero-order valence-corrected chi connectivity index (χ0v) is 13.8. The van der Waals surface area contributed by atoms with Gasteiger partial charge in [-0.25, -0.2) is 4.79 Å². The molecule has 24 heavy (non-hydrogen) atoms. The molecule has 0 heterocycles. The summed E-state index contributed by atoms with van der Waals surface area (Å²) in [5, 5.41) is 2.95. The van der Waals surface area contributed by atoms with Crippen molar-refractivity contribution < 1.29 is 9.53 Å². The monoisotopic (exact) mass is 321 g/mol. The summed E-state index contributed by atoms with van der Waals surface area (Å²) in [6, 6.07) is 18.0. The Morgan fingerprint density at radius 2 is 1.50 bits per heavy atom. The zero-order chi connectivity index (χ0) is 16.6. The molecule has 1 fully saturated rings. The molecule has 3 nitrogen and oxygen atoms in total. The first-order chi connectivity index (χ1) is 11.8. The van der Waals surface area contributed by atoms with Gasteiger partial charge in [-0.3, -0.25) is 0 Å². The Bertz CT molecular complexity index is 671. The molecule has 0 unspecified atom stereocenters. The average molecular weight is 321 g/mol. The van der Waals surface area contributed by atoms with E-state index in [9.17, 15) is 4.79 Å². The molecule has 1 aliphatic carbocycles. The van der Waals surface area contributed by atoms with Crippen LogP contribution >= 0.6 is 0 Å². The highest BCUT2D eigenvalue weighted by Gasteiger charge is 2.16. The third-order valence-corrected chi connectivity index (χ3v) is 4.29. The maximum atomic E-state index is 11.9. The highest BCUT2D eigenvalue weighted by molar-refractivity contribution is 5.72. The molecule has 0 radical (unpaired) electrons. The van der Waals surface area contributed by atoms with E-state index >= 15 is 0 Å². The van der Waals surface area contributed by atoms with E-state index in [0.717, 1.165) is 24.0 Å². The van der Waals surface area contributed by atoms with E-state index in [1.165, 1.54) is 19.3 Å². The highest BCUT2D eigenvalue weighted by Crippen LogP contribution is 2.18. The Morgan fingerprint density at radius 3 is 2.17 bits per heavy atom. The van der Waals surface area contributed by atoms with Crippen LogP contribution in [0.2, 0.25) is 0 Å². The number of rotatable bonds is 4. The quantitative estimate of drug-likeness (QED) is 0.778. The van der Waals surface area contributed by atoms with E-state index in [0.29, 0.717) is 5.75 Å². The number of amides is 1. The molecule has 3 rings (SSSR count). The van der Waals surface area contributed by atoms with Crippen molar-refractivity contribution in [2.24, 2.45) is 0 Å². The molecule has 2 aromatic carbocycles. The standard InChI is InChI=1S/C21H23NO2/c23-21(22-19-9-5-2-6-10-19)24-20-15-13-18(14-16-20)12-11-17-7-3-1-4-8-17/h1,3-4,7-8,11-16,19H,2,5-6,9-10H2,(H,22,23)/b12-11-. The average Bonchev–Trinajstić information content (AvgIpc) is 2.63. The first-order valence-electron chi connectivity index (χ1n) is 8.61. The lowest BCUT2D eigenvalue weighted by atomic mass is 9.96. The van der Waals surface area contributed by atoms with Crippen molar-refractivity contribution in [3.8, 4) is 5.75 Å². The smallest absolute Gasteiger partial charge is 0.410 e. The van der Waals surface area contributed by atoms with E-state index in [1.54, 1.807) is 0 Å². The van der Waals surface area contributed by atoms with Crippen molar-refractivity contribution in [3.05, 3.63) is 65.7 Å². The van der Waals surface area contributed by atoms with Crippen LogP contribution in [0.1, 0.15) is 43.2 Å². The van der Waals surface area contributed by atoms with Gasteiger partial charge in [0.2, 0.25) is 0 Å². The lowest BCUT2D eigenvalue weighted by Crippen LogP contribution is -2.37. The third kappa shape index (κ3) is 4.98. The summed E-state index contributed by atoms with van der Waals surface area (Å²) in [4.78, 5) is 11.9. The molecule has 3 heteroatoms. The summed E-state index contributed by atoms with van der Waals surface area (Å²) in [5.41, 5.74) is 2.23. The Kier molecular flexibility index (Phi) is 5.67. The molecule has 1 aliphatic rings. The molecule has 2 aromatic rings. The van der Waals surface area contributed by atoms with Crippen molar-refractivity contribution in [1.82, 2.24) is 5.32 Å². The Balaban J connectivity index is 1.52. The second kappa shape index (κ2) is 8.34. The second-order valence-electron chi connectivity index (χ2n) is 6.18. The minimum absolute atomic E-state index is 0.263. The molecule has 1 amide bonds. The SMILES string of the molecule is O=C(NC1CCCCC1)Oc1ccc(/C=C\c2ccccc2)cc1. The number of carbonyl (C=O) groups is 1. The number of ether oxygens (including phenoxy) is 1. The molecule has 124 valence electrons. The van der Waals surface area contributed by atoms with Crippen LogP contribution < -0.4 is 10.1 Å². The summed E-state index contributed by atoms with van der Waals surface area (Å²) in [6.45, 7) is 0. The molecule has 0 spiro atoms. The second-order valence-corrected chi connectivity index (χ2v) is 6.18. The Hall–Kier alpha value is -2.55. The number of hydrogen-bond donors (Lipinski definition) is 1. The molecular formula is C21H23NO2. The predicted octanol–water partition coefficient (Wildman–Crippen LogP) is 5.28. The van der Waals surface area contributed by atoms with Crippen molar-refractivity contribution in [2.75, 3.05) is 0 Å². The van der Waals surface area contributed by atoms with Gasteiger partial charge in [-0.1, -0.05) is 73.9 Å². The van der Waals surface area contributed by atoms with Crippen molar-refractivity contribution in [1.29, 1.82) is 0 Å². The van der Waals surface area contributed by atoms with E-state index < -0.39 is 0 Å². The molecule has 0 bridgehead atoms. The van der Waals surface area contributed by atoms with Gasteiger partial charge in [0.05, 0.1) is 0 Å². The van der Waals surface area contributed by atoms with Crippen LogP contribution in [0.3, 0.4) is 0 Å². The summed E-state index contributed by atoms with van der Waals surface area (Å²) < 4.78 is 5.36. The summed E-state index contributed by atoms with van der Waals surface area (Å²) in [5.74, 6) is 0.570. The van der Waals surface area contributed by atoms with Crippen LogP contribution in [0, 0.1) is 0 Å². The van der Waals surface area contributed by atoms with Gasteiger partial charge in [-0.2, -0.15) is 0 Å². The van der Waals surface area contributed by atoms with Gasteiger partial charge >= 0.3 is 6.09 Å². The normalized spacial score (nSPS) is 15.3. The van der Waals surface area contributed by atoms with Crippen LogP contribution in [-0.4, -0.2) is 12.1 Å². The van der Waals surface area contributed by atoms with Crippen LogP contribution in [0.15, 0.2) is 54.6 Å². The number of hydrogen-bond acceptors (Lipinski definition) is 2. The van der Waals surface area contributed by atoms with Crippen LogP contribution in [0.25, 0.3) is 12.2 Å². The van der Waals surface area contributed by atoms with E-state index in [4.69, 9.17) is 4.74 Å². The van der Waals surface area contributed by atoms with E-state index in [-0.39, 0.29) is 12.1 Å². The van der Waals surface area contributed by atoms with Gasteiger partial charge in [-0.05, 0) is 36.1 Å². The molecule has 0 atom stereocenters. The fourth-order valence-corrected chi connectivity index (χ4v) is 2.95. The fraction of sp³-hybridized carbons (Fsp3) is 0.286. The molecular weight excluding hydrogens is 298 g/mol. The highest BCUT2D eigenvalue weighted by atomic mass is 16.6. The molecule has 0 aliphatic heterocycles. The summed E-state index contributed by atoms with van der Waals surface area (Å²) in [7, 11) is 0. The molecule has 0 aromatic heterocycles. The fourth-order valence-electron chi connectivity index (χ4n) is 2.95. The first-order valence-corrected chi connectivity index (χ1v) is 8.61. The maximum Gasteiger partial charge on any atom is 0.412 e. The lowest BCUT2D eigenvalue weighted by molar-refractivity contribution is 0.192. The first kappa shape index (κ1) is 16.3. The van der Waals surface area contributed by atoms with Gasteiger partial charge in [0.15, 0.2) is 0 Å². The lowest BCUT2D eigenvalue weighted by Gasteiger charge is -2.22. The van der Waals surface area contributed by atoms with Crippen molar-refractivity contribution in [3.63, 3.8) is 0 Å². The number of benzene rings is 2. The largest absolute Gasteiger partial charge is 0.412 e. The zero-order valence-electron chi connectivity index (χ0n) is 13.8. The Morgan fingerprint density at radius 1 is 0.875 bits per heavy atom. The minimum atomic E-state index is -0.352. The predicted molar refractivity (Wildman–Crippen MR) is 97.8 cm³/mol. The van der Waals surface area contributed by atoms with Crippen LogP contribution in [-0.2, 0) is 0 Å². The van der Waals surface area contributed by atoms with Gasteiger partial charge in [-0.15, -0.1) is 0 Å². The molecule has 0 saturated heterocycles. The van der Waals surface area contributed by atoms with Gasteiger partial charge in [0.1, 0.15) is 5.75 Å². The molecule has 1 saturated carbocycles. The number of carbonyl (C=O) groups excluding carboxylic acids is 1. The van der Waals surface area contributed by atoms with Crippen molar-refractivity contribution >= 4 is 18.2 Å². The maximum absolute atomic E-state index is 11.9. The molecule has 1 N–H and O–H groups in total. The van der Waals surface area contributed by atoms with E-state index in [1.807, 2.05) is 48.5 Å². The topological polar surface area (TPSA) is 38.3 Å². The third-order valence-electron chi connectivity index (χ3n) is 4.29.